The summed E-state index contributed by atoms with van der Waals surface area (Å²) in [4.78, 5) is 25.7. The molecule has 0 aliphatic carbocycles. The van der Waals surface area contributed by atoms with Crippen molar-refractivity contribution in [1.29, 1.82) is 0 Å². The van der Waals surface area contributed by atoms with Crippen molar-refractivity contribution in [3.63, 3.8) is 0 Å². The molecule has 1 aliphatic heterocycles. The first-order valence-corrected chi connectivity index (χ1v) is 7.68. The van der Waals surface area contributed by atoms with Crippen LogP contribution < -0.4 is 0 Å². The lowest BCUT2D eigenvalue weighted by atomic mass is 10.2. The molecule has 0 radical (unpaired) electrons. The predicted molar refractivity (Wildman–Crippen MR) is 83.3 cm³/mol. The largest absolute Gasteiger partial charge is 0.452 e. The van der Waals surface area contributed by atoms with Crippen molar-refractivity contribution in [2.24, 2.45) is 0 Å². The van der Waals surface area contributed by atoms with Crippen LogP contribution in [0.15, 0.2) is 18.2 Å². The quantitative estimate of drug-likeness (QED) is 0.790. The van der Waals surface area contributed by atoms with Gasteiger partial charge in [0.05, 0.1) is 22.8 Å². The number of ether oxygens (including phenoxy) is 2. The summed E-state index contributed by atoms with van der Waals surface area (Å²) in [7, 11) is 0. The number of benzene rings is 1. The Bertz CT molecular complexity index is 569. The van der Waals surface area contributed by atoms with Gasteiger partial charge in [0, 0.05) is 18.1 Å². The van der Waals surface area contributed by atoms with E-state index in [4.69, 9.17) is 32.7 Å². The minimum Gasteiger partial charge on any atom is -0.452 e. The highest BCUT2D eigenvalue weighted by Crippen LogP contribution is 2.21. The van der Waals surface area contributed by atoms with Crippen LogP contribution >= 0.6 is 23.2 Å². The molecule has 2 rings (SSSR count). The van der Waals surface area contributed by atoms with E-state index in [2.05, 4.69) is 0 Å². The summed E-state index contributed by atoms with van der Waals surface area (Å²) in [5.74, 6) is -0.927. The summed E-state index contributed by atoms with van der Waals surface area (Å²) in [6.45, 7) is 4.43. The highest BCUT2D eigenvalue weighted by molar-refractivity contribution is 6.35. The van der Waals surface area contributed by atoms with Crippen molar-refractivity contribution in [3.8, 4) is 0 Å². The van der Waals surface area contributed by atoms with Crippen LogP contribution in [0.25, 0.3) is 0 Å². The summed E-state index contributed by atoms with van der Waals surface area (Å²) in [5.41, 5.74) is 0.144. The molecule has 1 heterocycles. The minimum atomic E-state index is -0.671. The smallest absolute Gasteiger partial charge is 0.340 e. The monoisotopic (exact) mass is 345 g/mol. The van der Waals surface area contributed by atoms with Crippen LogP contribution in [0.4, 0.5) is 0 Å². The summed E-state index contributed by atoms with van der Waals surface area (Å²) in [6.07, 6.45) is -0.0726. The van der Waals surface area contributed by atoms with Gasteiger partial charge in [-0.1, -0.05) is 23.2 Å². The van der Waals surface area contributed by atoms with Gasteiger partial charge in [0.25, 0.3) is 5.91 Å². The topological polar surface area (TPSA) is 55.8 Å². The molecule has 0 unspecified atom stereocenters. The Morgan fingerprint density at radius 2 is 1.91 bits per heavy atom. The fourth-order valence-electron chi connectivity index (χ4n) is 2.33. The van der Waals surface area contributed by atoms with Crippen molar-refractivity contribution in [2.75, 3.05) is 19.7 Å². The van der Waals surface area contributed by atoms with Gasteiger partial charge in [0.1, 0.15) is 0 Å². The third-order valence-electron chi connectivity index (χ3n) is 3.25. The molecule has 1 aromatic carbocycles. The second kappa shape index (κ2) is 7.31. The molecule has 5 nitrogen and oxygen atoms in total. The molecule has 1 saturated heterocycles. The van der Waals surface area contributed by atoms with E-state index in [1.807, 2.05) is 13.8 Å². The van der Waals surface area contributed by atoms with Gasteiger partial charge < -0.3 is 14.4 Å². The Balaban J connectivity index is 1.93. The molecule has 0 bridgehead atoms. The summed E-state index contributed by atoms with van der Waals surface area (Å²) >= 11 is 11.7. The summed E-state index contributed by atoms with van der Waals surface area (Å²) in [5, 5.41) is 0.606. The number of morpholine rings is 1. The van der Waals surface area contributed by atoms with Crippen LogP contribution in [0.1, 0.15) is 24.2 Å². The molecule has 1 amide bonds. The molecular formula is C15H17Cl2NO4. The van der Waals surface area contributed by atoms with Gasteiger partial charge in [-0.15, -0.1) is 0 Å². The molecule has 0 N–H and O–H groups in total. The fourth-order valence-corrected chi connectivity index (χ4v) is 2.70. The van der Waals surface area contributed by atoms with Gasteiger partial charge in [-0.25, -0.2) is 4.79 Å². The maximum atomic E-state index is 12.1. The summed E-state index contributed by atoms with van der Waals surface area (Å²) in [6, 6.07) is 4.49. The summed E-state index contributed by atoms with van der Waals surface area (Å²) < 4.78 is 10.6. The van der Waals surface area contributed by atoms with Crippen LogP contribution in [0.2, 0.25) is 10.0 Å². The molecule has 1 fully saturated rings. The van der Waals surface area contributed by atoms with Gasteiger partial charge in [-0.2, -0.15) is 0 Å². The van der Waals surface area contributed by atoms with Gasteiger partial charge in [0.2, 0.25) is 0 Å². The normalized spacial score (nSPS) is 21.5. The Morgan fingerprint density at radius 1 is 1.27 bits per heavy atom. The molecule has 2 atom stereocenters. The molecule has 1 aliphatic rings. The van der Waals surface area contributed by atoms with Crippen LogP contribution in [-0.4, -0.2) is 48.7 Å². The van der Waals surface area contributed by atoms with Crippen molar-refractivity contribution in [3.05, 3.63) is 33.8 Å². The highest BCUT2D eigenvalue weighted by Gasteiger charge is 2.26. The average Bonchev–Trinajstić information content (AvgIpc) is 2.45. The third kappa shape index (κ3) is 4.35. The lowest BCUT2D eigenvalue weighted by Crippen LogP contribution is -2.49. The van der Waals surface area contributed by atoms with E-state index in [-0.39, 0.29) is 35.3 Å². The predicted octanol–water partition coefficient (Wildman–Crippen LogP) is 2.79. The van der Waals surface area contributed by atoms with E-state index in [0.29, 0.717) is 18.1 Å². The Kier molecular flexibility index (Phi) is 5.67. The number of esters is 1. The van der Waals surface area contributed by atoms with Crippen molar-refractivity contribution in [2.45, 2.75) is 26.1 Å². The molecule has 22 heavy (non-hydrogen) atoms. The molecule has 0 saturated carbocycles. The number of amides is 1. The van der Waals surface area contributed by atoms with E-state index in [9.17, 15) is 9.59 Å². The number of hydrogen-bond donors (Lipinski definition) is 0. The molecule has 1 aromatic rings. The Morgan fingerprint density at radius 3 is 2.55 bits per heavy atom. The third-order valence-corrected chi connectivity index (χ3v) is 3.81. The number of halogens is 2. The van der Waals surface area contributed by atoms with Crippen molar-refractivity contribution >= 4 is 35.1 Å². The number of hydrogen-bond acceptors (Lipinski definition) is 4. The first kappa shape index (κ1) is 17.1. The molecule has 120 valence electrons. The Labute approximate surface area is 139 Å². The van der Waals surface area contributed by atoms with Crippen LogP contribution in [-0.2, 0) is 14.3 Å². The minimum absolute atomic E-state index is 0.0363. The molecule has 0 aromatic heterocycles. The van der Waals surface area contributed by atoms with Crippen molar-refractivity contribution in [1.82, 2.24) is 4.90 Å². The van der Waals surface area contributed by atoms with Gasteiger partial charge in [-0.05, 0) is 32.0 Å². The lowest BCUT2D eigenvalue weighted by Gasteiger charge is -2.35. The SMILES string of the molecule is C[C@@H]1CN(C(=O)COC(=O)c2cc(Cl)ccc2Cl)C[C@@H](C)O1. The highest BCUT2D eigenvalue weighted by atomic mass is 35.5. The van der Waals surface area contributed by atoms with Crippen LogP contribution in [0.3, 0.4) is 0 Å². The zero-order valence-electron chi connectivity index (χ0n) is 12.3. The van der Waals surface area contributed by atoms with E-state index in [1.165, 1.54) is 12.1 Å². The number of rotatable bonds is 3. The second-order valence-corrected chi connectivity index (χ2v) is 6.10. The number of carbonyl (C=O) groups is 2. The molecular weight excluding hydrogens is 329 g/mol. The van der Waals surface area contributed by atoms with Gasteiger partial charge in [0.15, 0.2) is 6.61 Å². The lowest BCUT2D eigenvalue weighted by molar-refractivity contribution is -0.146. The molecule has 0 spiro atoms. The van der Waals surface area contributed by atoms with E-state index in [0.717, 1.165) is 0 Å². The molecule has 7 heteroatoms. The number of carbonyl (C=O) groups excluding carboxylic acids is 2. The Hall–Kier alpha value is -1.30. The van der Waals surface area contributed by atoms with Gasteiger partial charge >= 0.3 is 5.97 Å². The van der Waals surface area contributed by atoms with Crippen molar-refractivity contribution < 1.29 is 19.1 Å². The van der Waals surface area contributed by atoms with Gasteiger partial charge in [-0.3, -0.25) is 4.79 Å². The first-order chi connectivity index (χ1) is 10.4. The first-order valence-electron chi connectivity index (χ1n) is 6.92. The van der Waals surface area contributed by atoms with Crippen LogP contribution in [0, 0.1) is 0 Å². The van der Waals surface area contributed by atoms with E-state index < -0.39 is 5.97 Å². The van der Waals surface area contributed by atoms with E-state index in [1.54, 1.807) is 11.0 Å². The van der Waals surface area contributed by atoms with E-state index >= 15 is 0 Å². The zero-order valence-corrected chi connectivity index (χ0v) is 13.9. The second-order valence-electron chi connectivity index (χ2n) is 5.26. The average molecular weight is 346 g/mol. The number of nitrogens with zero attached hydrogens (tertiary/aromatic N) is 1. The maximum absolute atomic E-state index is 12.1. The fraction of sp³-hybridized carbons (Fsp3) is 0.467. The maximum Gasteiger partial charge on any atom is 0.340 e. The van der Waals surface area contributed by atoms with Crippen LogP contribution in [0.5, 0.6) is 0 Å². The standard InChI is InChI=1S/C15H17Cl2NO4/c1-9-6-18(7-10(2)22-9)14(19)8-21-15(20)12-5-11(16)3-4-13(12)17/h3-5,9-10H,6-8H2,1-2H3/t9-,10-/m1/s1. The zero-order chi connectivity index (χ0) is 16.3.